The minimum absolute atomic E-state index is 0.0762. The lowest BCUT2D eigenvalue weighted by Crippen LogP contribution is -2.45. The Morgan fingerprint density at radius 1 is 1.31 bits per heavy atom. The van der Waals surface area contributed by atoms with Crippen LogP contribution in [0.4, 0.5) is 19.0 Å². The number of nitrogen functional groups attached to an aromatic ring is 1. The summed E-state index contributed by atoms with van der Waals surface area (Å²) < 4.78 is 39.2. The Morgan fingerprint density at radius 2 is 2.00 bits per heavy atom. The molecule has 1 aliphatic heterocycles. The molecule has 0 unspecified atom stereocenters. The standard InChI is InChI=1S/C20H16F3N5O4/c21-20(22,23)13-6-10(7-24)16(27-17(13)25)9-1-2-12-11(5-9)8-28(19(12)32)14(18(26)31)3-4-15(29)30/h1-2,5-6,14H,3-4,8H2,(H2,25,27)(H2,26,31)(H,29,30)/t14-/m0/s1. The Labute approximate surface area is 179 Å². The highest BCUT2D eigenvalue weighted by Crippen LogP contribution is 2.37. The first-order valence-electron chi connectivity index (χ1n) is 9.17. The van der Waals surface area contributed by atoms with E-state index in [1.165, 1.54) is 18.2 Å². The van der Waals surface area contributed by atoms with Crippen molar-refractivity contribution in [1.29, 1.82) is 5.26 Å². The van der Waals surface area contributed by atoms with E-state index in [0.29, 0.717) is 11.6 Å². The van der Waals surface area contributed by atoms with Gasteiger partial charge in [0.25, 0.3) is 5.91 Å². The highest BCUT2D eigenvalue weighted by atomic mass is 19.4. The molecule has 32 heavy (non-hydrogen) atoms. The number of fused-ring (bicyclic) bond motifs is 1. The Hall–Kier alpha value is -4.14. The third-order valence-corrected chi connectivity index (χ3v) is 5.02. The summed E-state index contributed by atoms with van der Waals surface area (Å²) in [5.74, 6) is -3.36. The zero-order valence-electron chi connectivity index (χ0n) is 16.3. The lowest BCUT2D eigenvalue weighted by molar-refractivity contribution is -0.138. The van der Waals surface area contributed by atoms with Crippen molar-refractivity contribution in [1.82, 2.24) is 9.88 Å². The van der Waals surface area contributed by atoms with E-state index in [0.717, 1.165) is 4.90 Å². The molecule has 0 aliphatic carbocycles. The number of hydrogen-bond donors (Lipinski definition) is 3. The maximum absolute atomic E-state index is 13.1. The number of aromatic nitrogens is 1. The predicted octanol–water partition coefficient (Wildman–Crippen LogP) is 1.90. The van der Waals surface area contributed by atoms with Gasteiger partial charge in [-0.25, -0.2) is 4.98 Å². The Balaban J connectivity index is 1.99. The maximum atomic E-state index is 13.1. The first-order chi connectivity index (χ1) is 14.9. The topological polar surface area (TPSA) is 163 Å². The van der Waals surface area contributed by atoms with Crippen LogP contribution in [0.25, 0.3) is 11.3 Å². The molecule has 0 bridgehead atoms. The number of aliphatic carboxylic acids is 1. The number of anilines is 1. The Bertz CT molecular complexity index is 1170. The third-order valence-electron chi connectivity index (χ3n) is 5.02. The monoisotopic (exact) mass is 447 g/mol. The number of halogens is 3. The summed E-state index contributed by atoms with van der Waals surface area (Å²) in [6.07, 6.45) is -5.34. The molecular formula is C20H16F3N5O4. The molecule has 2 aromatic rings. The second-order valence-electron chi connectivity index (χ2n) is 7.08. The summed E-state index contributed by atoms with van der Waals surface area (Å²) in [4.78, 5) is 40.3. The van der Waals surface area contributed by atoms with Crippen LogP contribution in [0.2, 0.25) is 0 Å². The molecule has 5 N–H and O–H groups in total. The van der Waals surface area contributed by atoms with Crippen molar-refractivity contribution in [2.24, 2.45) is 5.73 Å². The van der Waals surface area contributed by atoms with Gasteiger partial charge in [-0.3, -0.25) is 14.4 Å². The van der Waals surface area contributed by atoms with Gasteiger partial charge in [0.2, 0.25) is 5.91 Å². The molecule has 0 radical (unpaired) electrons. The van der Waals surface area contributed by atoms with E-state index in [1.54, 1.807) is 6.07 Å². The summed E-state index contributed by atoms with van der Waals surface area (Å²) in [6, 6.07) is 5.37. The molecule has 12 heteroatoms. The van der Waals surface area contributed by atoms with Gasteiger partial charge in [0.1, 0.15) is 17.9 Å². The first-order valence-corrected chi connectivity index (χ1v) is 9.17. The average Bonchev–Trinajstić information content (AvgIpc) is 3.02. The lowest BCUT2D eigenvalue weighted by atomic mass is 10.00. The molecule has 9 nitrogen and oxygen atoms in total. The number of rotatable bonds is 6. The van der Waals surface area contributed by atoms with Crippen molar-refractivity contribution in [3.63, 3.8) is 0 Å². The van der Waals surface area contributed by atoms with Gasteiger partial charge in [0, 0.05) is 24.1 Å². The minimum Gasteiger partial charge on any atom is -0.481 e. The first kappa shape index (κ1) is 22.5. The number of nitriles is 1. The van der Waals surface area contributed by atoms with E-state index in [-0.39, 0.29) is 41.8 Å². The molecule has 1 aromatic heterocycles. The maximum Gasteiger partial charge on any atom is 0.419 e. The van der Waals surface area contributed by atoms with Gasteiger partial charge in [-0.05, 0) is 30.2 Å². The molecule has 1 aromatic carbocycles. The van der Waals surface area contributed by atoms with E-state index in [9.17, 15) is 32.8 Å². The van der Waals surface area contributed by atoms with Crippen LogP contribution in [0, 0.1) is 11.3 Å². The van der Waals surface area contributed by atoms with Crippen molar-refractivity contribution in [2.75, 3.05) is 5.73 Å². The number of carboxylic acids is 1. The number of nitrogens with two attached hydrogens (primary N) is 2. The molecule has 1 atom stereocenters. The number of amides is 2. The van der Waals surface area contributed by atoms with Gasteiger partial charge in [-0.1, -0.05) is 6.07 Å². The summed E-state index contributed by atoms with van der Waals surface area (Å²) in [5, 5.41) is 18.2. The lowest BCUT2D eigenvalue weighted by Gasteiger charge is -2.24. The number of alkyl halides is 3. The zero-order valence-corrected chi connectivity index (χ0v) is 16.3. The summed E-state index contributed by atoms with van der Waals surface area (Å²) in [6.45, 7) is -0.0762. The molecule has 2 amide bonds. The number of benzene rings is 1. The summed E-state index contributed by atoms with van der Waals surface area (Å²) in [7, 11) is 0. The molecule has 166 valence electrons. The van der Waals surface area contributed by atoms with Gasteiger partial charge < -0.3 is 21.5 Å². The van der Waals surface area contributed by atoms with Crippen LogP contribution >= 0.6 is 0 Å². The van der Waals surface area contributed by atoms with Crippen molar-refractivity contribution in [2.45, 2.75) is 31.6 Å². The van der Waals surface area contributed by atoms with Crippen LogP contribution in [0.1, 0.15) is 39.9 Å². The van der Waals surface area contributed by atoms with Crippen LogP contribution in [0.3, 0.4) is 0 Å². The molecular weight excluding hydrogens is 431 g/mol. The fourth-order valence-corrected chi connectivity index (χ4v) is 3.51. The van der Waals surface area contributed by atoms with Gasteiger partial charge in [-0.2, -0.15) is 18.4 Å². The fourth-order valence-electron chi connectivity index (χ4n) is 3.51. The van der Waals surface area contributed by atoms with Crippen molar-refractivity contribution < 1.29 is 32.7 Å². The van der Waals surface area contributed by atoms with Gasteiger partial charge in [-0.15, -0.1) is 0 Å². The highest BCUT2D eigenvalue weighted by Gasteiger charge is 2.37. The zero-order chi connectivity index (χ0) is 23.8. The third kappa shape index (κ3) is 4.18. The number of carbonyl (C=O) groups is 3. The van der Waals surface area contributed by atoms with Crippen LogP contribution in [0.5, 0.6) is 0 Å². The number of primary amides is 1. The molecule has 0 spiro atoms. The second kappa shape index (κ2) is 8.18. The molecule has 0 saturated carbocycles. The van der Waals surface area contributed by atoms with E-state index in [2.05, 4.69) is 4.98 Å². The van der Waals surface area contributed by atoms with Gasteiger partial charge in [0.05, 0.1) is 16.8 Å². The molecule has 1 aliphatic rings. The summed E-state index contributed by atoms with van der Waals surface area (Å²) >= 11 is 0. The molecule has 3 rings (SSSR count). The van der Waals surface area contributed by atoms with E-state index in [1.807, 2.05) is 0 Å². The van der Waals surface area contributed by atoms with Crippen LogP contribution < -0.4 is 11.5 Å². The molecule has 2 heterocycles. The number of hydrogen-bond acceptors (Lipinski definition) is 6. The number of pyridine rings is 1. The van der Waals surface area contributed by atoms with Crippen LogP contribution in [0.15, 0.2) is 24.3 Å². The second-order valence-corrected chi connectivity index (χ2v) is 7.08. The Morgan fingerprint density at radius 3 is 2.56 bits per heavy atom. The van der Waals surface area contributed by atoms with E-state index < -0.39 is 41.4 Å². The number of carbonyl (C=O) groups excluding carboxylic acids is 2. The van der Waals surface area contributed by atoms with Gasteiger partial charge >= 0.3 is 12.1 Å². The van der Waals surface area contributed by atoms with Crippen molar-refractivity contribution in [3.05, 3.63) is 46.5 Å². The quantitative estimate of drug-likeness (QED) is 0.609. The van der Waals surface area contributed by atoms with Gasteiger partial charge in [0.15, 0.2) is 0 Å². The normalized spacial score (nSPS) is 14.1. The predicted molar refractivity (Wildman–Crippen MR) is 104 cm³/mol. The summed E-state index contributed by atoms with van der Waals surface area (Å²) in [5.41, 5.74) is 10.00. The largest absolute Gasteiger partial charge is 0.481 e. The number of carboxylic acid groups (broad SMARTS) is 1. The van der Waals surface area contributed by atoms with Crippen LogP contribution in [-0.4, -0.2) is 38.8 Å². The van der Waals surface area contributed by atoms with Crippen molar-refractivity contribution in [3.8, 4) is 17.3 Å². The Kier molecular flexibility index (Phi) is 5.76. The minimum atomic E-state index is -4.79. The molecule has 0 saturated heterocycles. The smallest absolute Gasteiger partial charge is 0.419 e. The van der Waals surface area contributed by atoms with E-state index >= 15 is 0 Å². The van der Waals surface area contributed by atoms with E-state index in [4.69, 9.17) is 16.6 Å². The van der Waals surface area contributed by atoms with Crippen LogP contribution in [-0.2, 0) is 22.3 Å². The number of nitrogens with zero attached hydrogens (tertiary/aromatic N) is 3. The average molecular weight is 447 g/mol. The molecule has 0 fully saturated rings. The fraction of sp³-hybridized carbons (Fsp3) is 0.250. The highest BCUT2D eigenvalue weighted by molar-refractivity contribution is 6.01. The van der Waals surface area contributed by atoms with Crippen molar-refractivity contribution >= 4 is 23.6 Å². The SMILES string of the molecule is N#Cc1cc(C(F)(F)F)c(N)nc1-c1ccc2c(c1)CN([C@@H](CCC(=O)O)C(N)=O)C2=O.